The molecular formula is C20H27ClN2O3S. The van der Waals surface area contributed by atoms with Gasteiger partial charge in [-0.2, -0.15) is 0 Å². The Morgan fingerprint density at radius 3 is 2.48 bits per heavy atom. The van der Waals surface area contributed by atoms with Crippen molar-refractivity contribution >= 4 is 27.5 Å². The molecular weight excluding hydrogens is 384 g/mol. The summed E-state index contributed by atoms with van der Waals surface area (Å²) < 4.78 is 26.9. The van der Waals surface area contributed by atoms with Crippen LogP contribution in [-0.2, 0) is 20.6 Å². The molecule has 3 fully saturated rings. The van der Waals surface area contributed by atoms with Gasteiger partial charge >= 0.3 is 0 Å². The van der Waals surface area contributed by atoms with E-state index in [-0.39, 0.29) is 17.6 Å². The van der Waals surface area contributed by atoms with Crippen molar-refractivity contribution in [2.45, 2.75) is 50.3 Å². The van der Waals surface area contributed by atoms with Gasteiger partial charge in [0.2, 0.25) is 15.9 Å². The van der Waals surface area contributed by atoms with Crippen LogP contribution in [-0.4, -0.2) is 37.8 Å². The summed E-state index contributed by atoms with van der Waals surface area (Å²) in [5.41, 5.74) is 0.621. The number of rotatable bonds is 5. The fraction of sp³-hybridized carbons (Fsp3) is 0.650. The molecule has 1 N–H and O–H groups in total. The van der Waals surface area contributed by atoms with Crippen LogP contribution in [0.2, 0.25) is 5.02 Å². The highest BCUT2D eigenvalue weighted by molar-refractivity contribution is 7.88. The average molecular weight is 411 g/mol. The first-order valence-electron chi connectivity index (χ1n) is 9.94. The predicted octanol–water partition coefficient (Wildman–Crippen LogP) is 3.19. The third-order valence-electron chi connectivity index (χ3n) is 6.58. The lowest BCUT2D eigenvalue weighted by molar-refractivity contribution is -0.127. The van der Waals surface area contributed by atoms with Crippen molar-refractivity contribution in [3.63, 3.8) is 0 Å². The standard InChI is InChI=1S/C20H27ClN2O3S/c21-18-4-2-1-3-17(18)13-27(25,26)23-9-7-15(8-10-23)20(24)22-19-12-14-5-6-16(19)11-14/h1-4,14-16,19H,5-13H2,(H,22,24)/t14-,16-,19-/m1/s1. The Hall–Kier alpha value is -1.11. The monoisotopic (exact) mass is 410 g/mol. The van der Waals surface area contributed by atoms with Gasteiger partial charge in [0.05, 0.1) is 5.75 Å². The van der Waals surface area contributed by atoms with Crippen LogP contribution < -0.4 is 5.32 Å². The summed E-state index contributed by atoms with van der Waals surface area (Å²) in [5, 5.41) is 3.73. The van der Waals surface area contributed by atoms with Gasteiger partial charge in [-0.25, -0.2) is 12.7 Å². The Labute approximate surface area is 166 Å². The van der Waals surface area contributed by atoms with Crippen LogP contribution >= 0.6 is 11.6 Å². The maximum atomic E-state index is 12.7. The fourth-order valence-corrected chi connectivity index (χ4v) is 6.90. The average Bonchev–Trinajstić information content (AvgIpc) is 3.27. The number of carbonyl (C=O) groups excluding carboxylic acids is 1. The Balaban J connectivity index is 1.30. The lowest BCUT2D eigenvalue weighted by Gasteiger charge is -2.32. The highest BCUT2D eigenvalue weighted by Gasteiger charge is 2.41. The van der Waals surface area contributed by atoms with Crippen molar-refractivity contribution in [1.82, 2.24) is 9.62 Å². The highest BCUT2D eigenvalue weighted by Crippen LogP contribution is 2.44. The molecule has 3 atom stereocenters. The number of nitrogens with zero attached hydrogens (tertiary/aromatic N) is 1. The van der Waals surface area contributed by atoms with E-state index in [0.29, 0.717) is 48.5 Å². The van der Waals surface area contributed by atoms with E-state index in [1.165, 1.54) is 23.6 Å². The maximum absolute atomic E-state index is 12.7. The molecule has 1 aromatic carbocycles. The van der Waals surface area contributed by atoms with Crippen molar-refractivity contribution < 1.29 is 13.2 Å². The second-order valence-corrected chi connectivity index (χ2v) is 10.7. The molecule has 5 nitrogen and oxygen atoms in total. The molecule has 1 aromatic rings. The molecule has 1 saturated heterocycles. The predicted molar refractivity (Wildman–Crippen MR) is 106 cm³/mol. The van der Waals surface area contributed by atoms with E-state index in [1.54, 1.807) is 24.3 Å². The van der Waals surface area contributed by atoms with Crippen LogP contribution in [0.4, 0.5) is 0 Å². The van der Waals surface area contributed by atoms with Gasteiger partial charge in [-0.1, -0.05) is 36.2 Å². The van der Waals surface area contributed by atoms with E-state index in [1.807, 2.05) is 0 Å². The molecule has 0 spiro atoms. The van der Waals surface area contributed by atoms with Gasteiger partial charge in [0, 0.05) is 30.1 Å². The number of hydrogen-bond acceptors (Lipinski definition) is 3. The number of fused-ring (bicyclic) bond motifs is 2. The topological polar surface area (TPSA) is 66.5 Å². The van der Waals surface area contributed by atoms with Crippen molar-refractivity contribution in [1.29, 1.82) is 0 Å². The van der Waals surface area contributed by atoms with E-state index in [0.717, 1.165) is 12.3 Å². The van der Waals surface area contributed by atoms with Crippen LogP contribution in [0.15, 0.2) is 24.3 Å². The minimum atomic E-state index is -3.42. The van der Waals surface area contributed by atoms with Gasteiger partial charge in [0.15, 0.2) is 0 Å². The largest absolute Gasteiger partial charge is 0.353 e. The van der Waals surface area contributed by atoms with E-state index < -0.39 is 10.0 Å². The number of hydrogen-bond donors (Lipinski definition) is 1. The molecule has 2 saturated carbocycles. The van der Waals surface area contributed by atoms with Crippen LogP contribution in [0.25, 0.3) is 0 Å². The summed E-state index contributed by atoms with van der Waals surface area (Å²) >= 11 is 6.11. The van der Waals surface area contributed by atoms with E-state index >= 15 is 0 Å². The molecule has 3 aliphatic rings. The molecule has 1 amide bonds. The van der Waals surface area contributed by atoms with E-state index in [2.05, 4.69) is 5.32 Å². The zero-order valence-corrected chi connectivity index (χ0v) is 17.0. The summed E-state index contributed by atoms with van der Waals surface area (Å²) in [6.07, 6.45) is 6.14. The lowest BCUT2D eigenvalue weighted by atomic mass is 9.93. The Bertz CT molecular complexity index is 805. The molecule has 7 heteroatoms. The normalized spacial score (nSPS) is 29.1. The number of piperidine rings is 1. The second-order valence-electron chi connectivity index (χ2n) is 8.31. The number of carbonyl (C=O) groups is 1. The molecule has 2 bridgehead atoms. The summed E-state index contributed by atoms with van der Waals surface area (Å²) in [4.78, 5) is 12.6. The van der Waals surface area contributed by atoms with Crippen LogP contribution in [0.5, 0.6) is 0 Å². The third-order valence-corrected chi connectivity index (χ3v) is 8.78. The highest BCUT2D eigenvalue weighted by atomic mass is 35.5. The molecule has 2 aliphatic carbocycles. The van der Waals surface area contributed by atoms with E-state index in [4.69, 9.17) is 11.6 Å². The molecule has 4 rings (SSSR count). The molecule has 0 radical (unpaired) electrons. The first-order valence-corrected chi connectivity index (χ1v) is 11.9. The molecule has 1 heterocycles. The fourth-order valence-electron chi connectivity index (χ4n) is 5.02. The molecule has 0 aromatic heterocycles. The SMILES string of the molecule is O=C(N[C@@H]1C[C@@H]2CC[C@@H]1C2)C1CCN(S(=O)(=O)Cc2ccccc2Cl)CC1. The van der Waals surface area contributed by atoms with Crippen molar-refractivity contribution in [3.8, 4) is 0 Å². The third kappa shape index (κ3) is 4.17. The van der Waals surface area contributed by atoms with Crippen molar-refractivity contribution in [2.75, 3.05) is 13.1 Å². The first-order chi connectivity index (χ1) is 12.9. The second kappa shape index (κ2) is 7.72. The number of amides is 1. The minimum absolute atomic E-state index is 0.0733. The van der Waals surface area contributed by atoms with Gasteiger partial charge in [-0.05, 0) is 55.6 Å². The maximum Gasteiger partial charge on any atom is 0.223 e. The lowest BCUT2D eigenvalue weighted by Crippen LogP contribution is -2.46. The molecule has 148 valence electrons. The smallest absolute Gasteiger partial charge is 0.223 e. The minimum Gasteiger partial charge on any atom is -0.353 e. The number of nitrogens with one attached hydrogen (secondary N) is 1. The zero-order valence-electron chi connectivity index (χ0n) is 15.4. The first kappa shape index (κ1) is 19.2. The molecule has 1 aliphatic heterocycles. The number of benzene rings is 1. The van der Waals surface area contributed by atoms with Crippen LogP contribution in [0, 0.1) is 17.8 Å². The number of halogens is 1. The Kier molecular flexibility index (Phi) is 5.50. The van der Waals surface area contributed by atoms with Crippen LogP contribution in [0.1, 0.15) is 44.1 Å². The van der Waals surface area contributed by atoms with Gasteiger partial charge in [-0.3, -0.25) is 4.79 Å². The summed E-state index contributed by atoms with van der Waals surface area (Å²) in [7, 11) is -3.42. The van der Waals surface area contributed by atoms with Gasteiger partial charge in [0.25, 0.3) is 0 Å². The number of sulfonamides is 1. The summed E-state index contributed by atoms with van der Waals surface area (Å²) in [6.45, 7) is 0.809. The quantitative estimate of drug-likeness (QED) is 0.810. The van der Waals surface area contributed by atoms with Gasteiger partial charge in [-0.15, -0.1) is 0 Å². The van der Waals surface area contributed by atoms with Crippen molar-refractivity contribution in [3.05, 3.63) is 34.9 Å². The summed E-state index contributed by atoms with van der Waals surface area (Å²) in [5.74, 6) is 1.42. The van der Waals surface area contributed by atoms with Gasteiger partial charge in [0.1, 0.15) is 0 Å². The summed E-state index contributed by atoms with van der Waals surface area (Å²) in [6, 6.07) is 7.38. The Morgan fingerprint density at radius 1 is 1.11 bits per heavy atom. The molecule has 27 heavy (non-hydrogen) atoms. The van der Waals surface area contributed by atoms with E-state index in [9.17, 15) is 13.2 Å². The van der Waals surface area contributed by atoms with Crippen LogP contribution in [0.3, 0.4) is 0 Å². The van der Waals surface area contributed by atoms with Gasteiger partial charge < -0.3 is 5.32 Å². The molecule has 0 unspecified atom stereocenters. The Morgan fingerprint density at radius 2 is 1.85 bits per heavy atom. The van der Waals surface area contributed by atoms with Crippen molar-refractivity contribution in [2.24, 2.45) is 17.8 Å². The zero-order chi connectivity index (χ0) is 19.0.